The van der Waals surface area contributed by atoms with Gasteiger partial charge in [-0.3, -0.25) is 0 Å². The van der Waals surface area contributed by atoms with Gasteiger partial charge in [-0.25, -0.2) is 13.2 Å². The molecule has 106 valence electrons. The van der Waals surface area contributed by atoms with Crippen molar-refractivity contribution in [2.75, 3.05) is 5.32 Å². The van der Waals surface area contributed by atoms with Gasteiger partial charge in [0.1, 0.15) is 16.5 Å². The van der Waals surface area contributed by atoms with Crippen LogP contribution in [0.5, 0.6) is 0 Å². The van der Waals surface area contributed by atoms with Crippen LogP contribution in [-0.4, -0.2) is 14.6 Å². The van der Waals surface area contributed by atoms with Crippen molar-refractivity contribution in [2.24, 2.45) is 0 Å². The van der Waals surface area contributed by atoms with Gasteiger partial charge in [-0.15, -0.1) is 5.10 Å². The monoisotopic (exact) mass is 337 g/mol. The third-order valence-electron chi connectivity index (χ3n) is 2.37. The number of alkyl halides is 3. The minimum Gasteiger partial charge on any atom is -0.345 e. The predicted molar refractivity (Wildman–Crippen MR) is 76.5 cm³/mol. The fourth-order valence-electron chi connectivity index (χ4n) is 1.44. The molecular weight excluding hydrogens is 331 g/mol. The van der Waals surface area contributed by atoms with E-state index in [0.717, 1.165) is 11.5 Å². The molecule has 0 amide bonds. The summed E-state index contributed by atoms with van der Waals surface area (Å²) in [6, 6.07) is 4.54. The van der Waals surface area contributed by atoms with Crippen molar-refractivity contribution >= 4 is 46.0 Å². The molecule has 2 aromatic rings. The van der Waals surface area contributed by atoms with Crippen molar-refractivity contribution in [1.29, 1.82) is 0 Å². The normalized spacial score (nSPS) is 10.8. The number of benzene rings is 1. The summed E-state index contributed by atoms with van der Waals surface area (Å²) in [7, 11) is 0. The highest BCUT2D eigenvalue weighted by Crippen LogP contribution is 2.26. The van der Waals surface area contributed by atoms with Gasteiger partial charge in [-0.05, 0) is 29.7 Å². The molecule has 0 saturated carbocycles. The summed E-state index contributed by atoms with van der Waals surface area (Å²) in [4.78, 5) is 0.147. The topological polar surface area (TPSA) is 37.8 Å². The van der Waals surface area contributed by atoms with Gasteiger partial charge in [0, 0.05) is 16.3 Å². The highest BCUT2D eigenvalue weighted by atomic mass is 35.5. The standard InChI is InChI=1S/C11H7ClF3N3S2/c12-7-2-1-6(3-5(7)4-13)16-11(19)9-8(10(14)15)17-18-20-9/h1-3,10H,4H2,(H,16,19). The van der Waals surface area contributed by atoms with Crippen LogP contribution in [0.3, 0.4) is 0 Å². The van der Waals surface area contributed by atoms with Gasteiger partial charge in [0.25, 0.3) is 6.43 Å². The van der Waals surface area contributed by atoms with Crippen LogP contribution < -0.4 is 5.32 Å². The maximum Gasteiger partial charge on any atom is 0.283 e. The smallest absolute Gasteiger partial charge is 0.283 e. The zero-order chi connectivity index (χ0) is 14.7. The van der Waals surface area contributed by atoms with Crippen LogP contribution in [0, 0.1) is 0 Å². The Morgan fingerprint density at radius 1 is 1.45 bits per heavy atom. The largest absolute Gasteiger partial charge is 0.345 e. The van der Waals surface area contributed by atoms with Crippen LogP contribution in [0.2, 0.25) is 5.02 Å². The van der Waals surface area contributed by atoms with Crippen molar-refractivity contribution < 1.29 is 13.2 Å². The lowest BCUT2D eigenvalue weighted by Crippen LogP contribution is -2.11. The number of hydrogen-bond donors (Lipinski definition) is 1. The molecule has 0 bridgehead atoms. The number of thiocarbonyl (C=S) groups is 1. The molecule has 2 rings (SSSR count). The third kappa shape index (κ3) is 3.25. The summed E-state index contributed by atoms with van der Waals surface area (Å²) in [5.41, 5.74) is 0.281. The SMILES string of the molecule is FCc1cc(NC(=S)c2snnc2C(F)F)ccc1Cl. The van der Waals surface area contributed by atoms with E-state index in [1.807, 2.05) is 0 Å². The number of rotatable bonds is 4. The summed E-state index contributed by atoms with van der Waals surface area (Å²) in [6.07, 6.45) is -2.75. The number of anilines is 1. The number of aromatic nitrogens is 2. The first-order valence-electron chi connectivity index (χ1n) is 5.29. The van der Waals surface area contributed by atoms with Gasteiger partial charge in [-0.1, -0.05) is 28.3 Å². The molecule has 0 aliphatic heterocycles. The quantitative estimate of drug-likeness (QED) is 0.840. The molecule has 0 saturated heterocycles. The van der Waals surface area contributed by atoms with Gasteiger partial charge < -0.3 is 5.32 Å². The second kappa shape index (κ2) is 6.47. The average Bonchev–Trinajstić information content (AvgIpc) is 2.90. The summed E-state index contributed by atoms with van der Waals surface area (Å²) in [5, 5.41) is 6.37. The van der Waals surface area contributed by atoms with E-state index in [9.17, 15) is 13.2 Å². The van der Waals surface area contributed by atoms with Crippen LogP contribution in [0.25, 0.3) is 0 Å². The molecule has 1 heterocycles. The molecular formula is C11H7ClF3N3S2. The zero-order valence-electron chi connectivity index (χ0n) is 9.74. The summed E-state index contributed by atoms with van der Waals surface area (Å²) in [5.74, 6) is 0. The minimum absolute atomic E-state index is 0.0578. The van der Waals surface area contributed by atoms with Gasteiger partial charge in [0.15, 0.2) is 5.69 Å². The van der Waals surface area contributed by atoms with Crippen LogP contribution >= 0.6 is 35.4 Å². The van der Waals surface area contributed by atoms with Crippen molar-refractivity contribution in [3.63, 3.8) is 0 Å². The fraction of sp³-hybridized carbons (Fsp3) is 0.182. The highest BCUT2D eigenvalue weighted by Gasteiger charge is 2.21. The third-order valence-corrected chi connectivity index (χ3v) is 3.94. The maximum atomic E-state index is 12.7. The highest BCUT2D eigenvalue weighted by molar-refractivity contribution is 7.81. The molecule has 1 aromatic carbocycles. The lowest BCUT2D eigenvalue weighted by atomic mass is 10.2. The van der Waals surface area contributed by atoms with E-state index >= 15 is 0 Å². The fourth-order valence-corrected chi connectivity index (χ4v) is 2.51. The van der Waals surface area contributed by atoms with Crippen LogP contribution in [0.15, 0.2) is 18.2 Å². The molecule has 0 radical (unpaired) electrons. The summed E-state index contributed by atoms with van der Waals surface area (Å²) in [6.45, 7) is -0.731. The molecule has 1 N–H and O–H groups in total. The second-order valence-electron chi connectivity index (χ2n) is 3.68. The maximum absolute atomic E-state index is 12.7. The summed E-state index contributed by atoms with van der Waals surface area (Å²) >= 11 is 11.6. The van der Waals surface area contributed by atoms with E-state index < -0.39 is 18.8 Å². The van der Waals surface area contributed by atoms with E-state index in [0.29, 0.717) is 5.69 Å². The molecule has 0 spiro atoms. The molecule has 0 aliphatic carbocycles. The Morgan fingerprint density at radius 3 is 2.85 bits per heavy atom. The van der Waals surface area contributed by atoms with E-state index in [1.165, 1.54) is 12.1 Å². The van der Waals surface area contributed by atoms with Gasteiger partial charge >= 0.3 is 0 Å². The number of nitrogens with zero attached hydrogens (tertiary/aromatic N) is 2. The lowest BCUT2D eigenvalue weighted by Gasteiger charge is -2.09. The minimum atomic E-state index is -2.75. The summed E-state index contributed by atoms with van der Waals surface area (Å²) < 4.78 is 41.5. The van der Waals surface area contributed by atoms with Crippen molar-refractivity contribution in [3.8, 4) is 0 Å². The Bertz CT molecular complexity index is 633. The molecule has 1 aromatic heterocycles. The Hall–Kier alpha value is -1.25. The number of halogens is 4. The number of hydrogen-bond acceptors (Lipinski definition) is 4. The molecule has 9 heteroatoms. The van der Waals surface area contributed by atoms with Crippen molar-refractivity contribution in [2.45, 2.75) is 13.1 Å². The molecule has 3 nitrogen and oxygen atoms in total. The van der Waals surface area contributed by atoms with Crippen LogP contribution in [-0.2, 0) is 6.67 Å². The molecule has 0 unspecified atom stereocenters. The van der Waals surface area contributed by atoms with E-state index in [4.69, 9.17) is 23.8 Å². The lowest BCUT2D eigenvalue weighted by molar-refractivity contribution is 0.146. The van der Waals surface area contributed by atoms with Crippen molar-refractivity contribution in [1.82, 2.24) is 9.59 Å². The second-order valence-corrected chi connectivity index (χ2v) is 5.25. The Morgan fingerprint density at radius 2 is 2.20 bits per heavy atom. The predicted octanol–water partition coefficient (Wildman–Crippen LogP) is 4.39. The van der Waals surface area contributed by atoms with Gasteiger partial charge in [-0.2, -0.15) is 0 Å². The van der Waals surface area contributed by atoms with E-state index in [-0.39, 0.29) is 20.5 Å². The van der Waals surface area contributed by atoms with Crippen LogP contribution in [0.4, 0.5) is 18.9 Å². The van der Waals surface area contributed by atoms with Crippen LogP contribution in [0.1, 0.15) is 22.6 Å². The van der Waals surface area contributed by atoms with Crippen molar-refractivity contribution in [3.05, 3.63) is 39.4 Å². The van der Waals surface area contributed by atoms with Gasteiger partial charge in [0.05, 0.1) is 0 Å². The Balaban J connectivity index is 2.21. The first-order valence-corrected chi connectivity index (χ1v) is 6.85. The van der Waals surface area contributed by atoms with Gasteiger partial charge in [0.2, 0.25) is 0 Å². The molecule has 0 aliphatic rings. The molecule has 0 atom stereocenters. The zero-order valence-corrected chi connectivity index (χ0v) is 12.1. The van der Waals surface area contributed by atoms with E-state index in [1.54, 1.807) is 6.07 Å². The Kier molecular flexibility index (Phi) is 4.90. The average molecular weight is 338 g/mol. The Labute approximate surface area is 126 Å². The number of nitrogens with one attached hydrogen (secondary N) is 1. The molecule has 0 fully saturated rings. The molecule has 20 heavy (non-hydrogen) atoms. The first-order chi connectivity index (χ1) is 9.52. The van der Waals surface area contributed by atoms with E-state index in [2.05, 4.69) is 14.9 Å². The first kappa shape index (κ1) is 15.1.